The molecule has 4 heteroatoms. The van der Waals surface area contributed by atoms with Crippen molar-refractivity contribution in [3.63, 3.8) is 0 Å². The monoisotopic (exact) mass is 303 g/mol. The molecular weight excluding hydrogens is 286 g/mol. The molecule has 0 N–H and O–H groups in total. The van der Waals surface area contributed by atoms with Crippen LogP contribution < -0.4 is 0 Å². The lowest BCUT2D eigenvalue weighted by Gasteiger charge is -2.44. The van der Waals surface area contributed by atoms with E-state index in [1.807, 2.05) is 24.4 Å². The van der Waals surface area contributed by atoms with Gasteiger partial charge >= 0.3 is 0 Å². The van der Waals surface area contributed by atoms with Gasteiger partial charge in [0.2, 0.25) is 5.78 Å². The Kier molecular flexibility index (Phi) is 2.42. The van der Waals surface area contributed by atoms with Crippen molar-refractivity contribution in [3.8, 4) is 11.3 Å². The second kappa shape index (κ2) is 4.28. The molecule has 1 fully saturated rings. The Balaban J connectivity index is 1.94. The van der Waals surface area contributed by atoms with Gasteiger partial charge in [0.15, 0.2) is 0 Å². The molecule has 1 aromatic carbocycles. The Hall–Kier alpha value is -2.49. The van der Waals surface area contributed by atoms with Crippen LogP contribution in [0.2, 0.25) is 0 Å². The number of fused-ring (bicyclic) bond motifs is 8. The van der Waals surface area contributed by atoms with E-state index in [1.54, 1.807) is 6.20 Å². The van der Waals surface area contributed by atoms with Crippen LogP contribution >= 0.6 is 0 Å². The van der Waals surface area contributed by atoms with Crippen LogP contribution in [0.5, 0.6) is 0 Å². The van der Waals surface area contributed by atoms with Gasteiger partial charge in [-0.25, -0.2) is 9.97 Å². The molecule has 2 aliphatic rings. The van der Waals surface area contributed by atoms with Gasteiger partial charge in [0, 0.05) is 30.3 Å². The zero-order valence-corrected chi connectivity index (χ0v) is 13.0. The number of hydrogen-bond donors (Lipinski definition) is 0. The fourth-order valence-corrected chi connectivity index (χ4v) is 4.54. The fourth-order valence-electron chi connectivity index (χ4n) is 4.54. The van der Waals surface area contributed by atoms with E-state index in [1.165, 1.54) is 0 Å². The minimum atomic E-state index is -0.451. The number of ketones is 1. The van der Waals surface area contributed by atoms with Gasteiger partial charge in [-0.05, 0) is 31.4 Å². The molecule has 2 aliphatic carbocycles. The first kappa shape index (κ1) is 13.0. The number of carbonyl (C=O) groups is 1. The maximum atomic E-state index is 12.9. The van der Waals surface area contributed by atoms with Crippen molar-refractivity contribution < 1.29 is 4.79 Å². The molecule has 2 atom stereocenters. The SMILES string of the molecule is C[C@@]12C(=O)CCC[C@H]1c1c(nc3ncccn13)-c1ccccc12. The number of nitrogens with zero attached hydrogens (tertiary/aromatic N) is 3. The molecule has 0 amide bonds. The minimum absolute atomic E-state index is 0.174. The molecule has 2 heterocycles. The smallest absolute Gasteiger partial charge is 0.234 e. The summed E-state index contributed by atoms with van der Waals surface area (Å²) in [5, 5.41) is 0. The normalized spacial score (nSPS) is 25.8. The number of aromatic nitrogens is 3. The van der Waals surface area contributed by atoms with Crippen molar-refractivity contribution in [2.24, 2.45) is 0 Å². The van der Waals surface area contributed by atoms with Gasteiger partial charge in [0.25, 0.3) is 0 Å². The lowest BCUT2D eigenvalue weighted by atomic mass is 9.58. The average Bonchev–Trinajstić information content (AvgIpc) is 2.97. The number of Topliss-reactive ketones (excluding diaryl/α,β-unsaturated/α-hetero) is 1. The van der Waals surface area contributed by atoms with Crippen LogP contribution in [0.3, 0.4) is 0 Å². The van der Waals surface area contributed by atoms with Gasteiger partial charge in [-0.2, -0.15) is 0 Å². The van der Waals surface area contributed by atoms with Crippen LogP contribution in [0.15, 0.2) is 42.7 Å². The highest BCUT2D eigenvalue weighted by atomic mass is 16.1. The van der Waals surface area contributed by atoms with E-state index >= 15 is 0 Å². The van der Waals surface area contributed by atoms with E-state index in [9.17, 15) is 4.79 Å². The largest absolute Gasteiger partial charge is 0.299 e. The second-order valence-corrected chi connectivity index (χ2v) is 6.75. The zero-order valence-electron chi connectivity index (χ0n) is 13.0. The number of rotatable bonds is 0. The van der Waals surface area contributed by atoms with Crippen LogP contribution in [0.1, 0.15) is 43.4 Å². The van der Waals surface area contributed by atoms with Crippen LogP contribution in [-0.2, 0) is 10.2 Å². The van der Waals surface area contributed by atoms with E-state index in [2.05, 4.69) is 28.4 Å². The summed E-state index contributed by atoms with van der Waals surface area (Å²) < 4.78 is 2.08. The lowest BCUT2D eigenvalue weighted by Crippen LogP contribution is -2.44. The standard InChI is InChI=1S/C19H17N3O/c1-19-13-7-3-2-6-12(13)16-17(14(19)8-4-9-15(19)23)22-11-5-10-20-18(22)21-16/h2-3,5-7,10-11,14H,4,8-9H2,1H3/t14-,19-/m0/s1. The molecule has 0 bridgehead atoms. The first-order valence-electron chi connectivity index (χ1n) is 8.17. The van der Waals surface area contributed by atoms with Gasteiger partial charge in [-0.3, -0.25) is 9.20 Å². The highest BCUT2D eigenvalue weighted by Crippen LogP contribution is 2.55. The highest BCUT2D eigenvalue weighted by Gasteiger charge is 2.51. The summed E-state index contributed by atoms with van der Waals surface area (Å²) in [6.07, 6.45) is 6.43. The summed E-state index contributed by atoms with van der Waals surface area (Å²) in [6, 6.07) is 10.2. The van der Waals surface area contributed by atoms with E-state index < -0.39 is 5.41 Å². The maximum absolute atomic E-state index is 12.9. The van der Waals surface area contributed by atoms with Crippen LogP contribution in [-0.4, -0.2) is 20.2 Å². The average molecular weight is 303 g/mol. The van der Waals surface area contributed by atoms with E-state index in [0.29, 0.717) is 12.2 Å². The molecule has 114 valence electrons. The van der Waals surface area contributed by atoms with E-state index in [4.69, 9.17) is 4.98 Å². The van der Waals surface area contributed by atoms with Crippen molar-refractivity contribution in [1.82, 2.24) is 14.4 Å². The second-order valence-electron chi connectivity index (χ2n) is 6.75. The van der Waals surface area contributed by atoms with Gasteiger partial charge in [0.1, 0.15) is 5.78 Å². The third-order valence-corrected chi connectivity index (χ3v) is 5.69. The highest BCUT2D eigenvalue weighted by molar-refractivity contribution is 5.96. The molecule has 0 unspecified atom stereocenters. The first-order chi connectivity index (χ1) is 11.2. The summed E-state index contributed by atoms with van der Waals surface area (Å²) in [7, 11) is 0. The number of hydrogen-bond acceptors (Lipinski definition) is 3. The molecule has 0 saturated heterocycles. The third-order valence-electron chi connectivity index (χ3n) is 5.69. The van der Waals surface area contributed by atoms with Gasteiger partial charge in [-0.1, -0.05) is 24.3 Å². The molecule has 0 radical (unpaired) electrons. The molecule has 4 nitrogen and oxygen atoms in total. The Labute approximate surface area is 134 Å². The van der Waals surface area contributed by atoms with Crippen molar-refractivity contribution in [2.45, 2.75) is 37.5 Å². The summed E-state index contributed by atoms with van der Waals surface area (Å²) in [6.45, 7) is 2.12. The molecule has 23 heavy (non-hydrogen) atoms. The lowest BCUT2D eigenvalue weighted by molar-refractivity contribution is -0.126. The Bertz CT molecular complexity index is 958. The maximum Gasteiger partial charge on any atom is 0.234 e. The Morgan fingerprint density at radius 1 is 1.26 bits per heavy atom. The van der Waals surface area contributed by atoms with Gasteiger partial charge in [0.05, 0.1) is 16.8 Å². The quantitative estimate of drug-likeness (QED) is 0.638. The van der Waals surface area contributed by atoms with Gasteiger partial charge in [-0.15, -0.1) is 0 Å². The predicted molar refractivity (Wildman–Crippen MR) is 87.4 cm³/mol. The molecule has 2 aromatic heterocycles. The van der Waals surface area contributed by atoms with Crippen LogP contribution in [0, 0.1) is 0 Å². The summed E-state index contributed by atoms with van der Waals surface area (Å²) in [4.78, 5) is 22.1. The first-order valence-corrected chi connectivity index (χ1v) is 8.17. The van der Waals surface area contributed by atoms with Crippen molar-refractivity contribution in [1.29, 1.82) is 0 Å². The molecule has 0 aliphatic heterocycles. The summed E-state index contributed by atoms with van der Waals surface area (Å²) >= 11 is 0. The molecule has 5 rings (SSSR count). The number of benzene rings is 1. The van der Waals surface area contributed by atoms with Crippen molar-refractivity contribution in [3.05, 3.63) is 54.0 Å². The zero-order chi connectivity index (χ0) is 15.6. The number of imidazole rings is 1. The van der Waals surface area contributed by atoms with Crippen LogP contribution in [0.4, 0.5) is 0 Å². The predicted octanol–water partition coefficient (Wildman–Crippen LogP) is 3.50. The van der Waals surface area contributed by atoms with Gasteiger partial charge < -0.3 is 0 Å². The molecule has 0 spiro atoms. The summed E-state index contributed by atoms with van der Waals surface area (Å²) in [5.74, 6) is 1.24. The van der Waals surface area contributed by atoms with E-state index in [-0.39, 0.29) is 5.92 Å². The summed E-state index contributed by atoms with van der Waals surface area (Å²) in [5.41, 5.74) is 3.92. The fraction of sp³-hybridized carbons (Fsp3) is 0.316. The Morgan fingerprint density at radius 3 is 3.04 bits per heavy atom. The minimum Gasteiger partial charge on any atom is -0.299 e. The Morgan fingerprint density at radius 2 is 2.13 bits per heavy atom. The number of carbonyl (C=O) groups excluding carboxylic acids is 1. The molecule has 1 saturated carbocycles. The topological polar surface area (TPSA) is 47.3 Å². The van der Waals surface area contributed by atoms with Crippen LogP contribution in [0.25, 0.3) is 17.0 Å². The molecular formula is C19H17N3O. The third kappa shape index (κ3) is 1.48. The van der Waals surface area contributed by atoms with Crippen molar-refractivity contribution in [2.75, 3.05) is 0 Å². The van der Waals surface area contributed by atoms with E-state index in [0.717, 1.165) is 41.1 Å². The molecule has 3 aromatic rings. The van der Waals surface area contributed by atoms with Crippen molar-refractivity contribution >= 4 is 11.6 Å².